The molecule has 2 heterocycles. The minimum Gasteiger partial charge on any atom is -0.497 e. The zero-order chi connectivity index (χ0) is 17.1. The van der Waals surface area contributed by atoms with Gasteiger partial charge in [-0.1, -0.05) is 12.1 Å². The zero-order valence-corrected chi connectivity index (χ0v) is 15.5. The van der Waals surface area contributed by atoms with Gasteiger partial charge in [0, 0.05) is 24.7 Å². The molecule has 0 amide bonds. The maximum Gasteiger partial charge on any atom is 0.119 e. The lowest BCUT2D eigenvalue weighted by atomic mass is 9.96. The second-order valence-corrected chi connectivity index (χ2v) is 7.91. The Bertz CT molecular complexity index is 547. The smallest absolute Gasteiger partial charge is 0.119 e. The predicted molar refractivity (Wildman–Crippen MR) is 100 cm³/mol. The van der Waals surface area contributed by atoms with E-state index in [9.17, 15) is 0 Å². The van der Waals surface area contributed by atoms with Gasteiger partial charge in [-0.15, -0.1) is 0 Å². The van der Waals surface area contributed by atoms with Crippen LogP contribution in [0.25, 0.3) is 0 Å². The Balaban J connectivity index is 1.41. The van der Waals surface area contributed by atoms with E-state index in [1.807, 2.05) is 6.07 Å². The van der Waals surface area contributed by atoms with Gasteiger partial charge in [-0.2, -0.15) is 0 Å². The molecular weight excluding hydrogens is 312 g/mol. The van der Waals surface area contributed by atoms with Gasteiger partial charge in [0.15, 0.2) is 0 Å². The first kappa shape index (κ1) is 17.3. The van der Waals surface area contributed by atoms with E-state index in [0.29, 0.717) is 18.2 Å². The first-order valence-corrected chi connectivity index (χ1v) is 10.1. The Kier molecular flexibility index (Phi) is 5.59. The molecule has 2 saturated heterocycles. The molecule has 4 nitrogen and oxygen atoms in total. The largest absolute Gasteiger partial charge is 0.497 e. The number of nitrogens with zero attached hydrogens (tertiary/aromatic N) is 1. The fourth-order valence-corrected chi connectivity index (χ4v) is 4.41. The molecule has 4 rings (SSSR count). The lowest BCUT2D eigenvalue weighted by Crippen LogP contribution is -2.44. The summed E-state index contributed by atoms with van der Waals surface area (Å²) in [7, 11) is 1.75. The molecule has 1 aliphatic carbocycles. The second kappa shape index (κ2) is 8.07. The maximum atomic E-state index is 5.93. The number of piperidine rings is 1. The summed E-state index contributed by atoms with van der Waals surface area (Å²) in [4.78, 5) is 2.69. The molecule has 1 aromatic rings. The number of likely N-dealkylation sites (tertiary alicyclic amines) is 1. The molecule has 0 aromatic heterocycles. The van der Waals surface area contributed by atoms with Crippen LogP contribution in [-0.2, 0) is 4.74 Å². The van der Waals surface area contributed by atoms with Crippen molar-refractivity contribution in [2.75, 3.05) is 26.8 Å². The van der Waals surface area contributed by atoms with Gasteiger partial charge in [0.2, 0.25) is 0 Å². The maximum absolute atomic E-state index is 5.93. The summed E-state index contributed by atoms with van der Waals surface area (Å²) >= 11 is 0. The topological polar surface area (TPSA) is 33.7 Å². The van der Waals surface area contributed by atoms with Gasteiger partial charge < -0.3 is 19.7 Å². The van der Waals surface area contributed by atoms with Crippen LogP contribution in [0.4, 0.5) is 0 Å². The summed E-state index contributed by atoms with van der Waals surface area (Å²) in [5.74, 6) is 0.945. The van der Waals surface area contributed by atoms with Crippen LogP contribution >= 0.6 is 0 Å². The van der Waals surface area contributed by atoms with Gasteiger partial charge >= 0.3 is 0 Å². The van der Waals surface area contributed by atoms with Crippen LogP contribution in [-0.4, -0.2) is 49.9 Å². The highest BCUT2D eigenvalue weighted by atomic mass is 16.5. The van der Waals surface area contributed by atoms with Gasteiger partial charge in [0.25, 0.3) is 0 Å². The molecule has 2 aliphatic heterocycles. The van der Waals surface area contributed by atoms with E-state index in [1.165, 1.54) is 57.2 Å². The third-order valence-corrected chi connectivity index (χ3v) is 6.05. The number of hydrogen-bond acceptors (Lipinski definition) is 4. The minimum atomic E-state index is 0.357. The van der Waals surface area contributed by atoms with E-state index in [1.54, 1.807) is 7.11 Å². The van der Waals surface area contributed by atoms with Crippen LogP contribution in [0, 0.1) is 0 Å². The molecule has 0 radical (unpaired) electrons. The van der Waals surface area contributed by atoms with Crippen LogP contribution in [0.5, 0.6) is 5.75 Å². The number of rotatable bonds is 7. The molecule has 1 N–H and O–H groups in total. The number of hydrogen-bond donors (Lipinski definition) is 1. The normalized spacial score (nSPS) is 26.7. The minimum absolute atomic E-state index is 0.357. The standard InChI is InChI=1S/C21H32N2O2/c1-24-19-5-2-4-16(14-19)21(15-20-6-3-13-25-20)22-17-9-11-23(12-10-17)18-7-8-18/h2,4-5,14,17-18,20-22H,3,6-13,15H2,1H3/t20-,21+/m0/s1. The number of ether oxygens (including phenoxy) is 2. The SMILES string of the molecule is COc1cccc([C@@H](C[C@@H]2CCCO2)NC2CCN(C3CC3)CC2)c1. The lowest BCUT2D eigenvalue weighted by Gasteiger charge is -2.35. The van der Waals surface area contributed by atoms with E-state index < -0.39 is 0 Å². The highest BCUT2D eigenvalue weighted by Gasteiger charge is 2.33. The Labute approximate surface area is 151 Å². The van der Waals surface area contributed by atoms with Gasteiger partial charge in [-0.3, -0.25) is 0 Å². The first-order chi connectivity index (χ1) is 12.3. The molecule has 4 heteroatoms. The first-order valence-electron chi connectivity index (χ1n) is 10.1. The Morgan fingerprint density at radius 3 is 2.72 bits per heavy atom. The fourth-order valence-electron chi connectivity index (χ4n) is 4.41. The van der Waals surface area contributed by atoms with Gasteiger partial charge in [-0.25, -0.2) is 0 Å². The monoisotopic (exact) mass is 344 g/mol. The van der Waals surface area contributed by atoms with Crippen LogP contribution in [0.1, 0.15) is 56.6 Å². The molecule has 0 unspecified atom stereocenters. The molecule has 1 aromatic carbocycles. The Hall–Kier alpha value is -1.10. The Morgan fingerprint density at radius 2 is 2.04 bits per heavy atom. The summed E-state index contributed by atoms with van der Waals surface area (Å²) in [6, 6.07) is 10.4. The van der Waals surface area contributed by atoms with Gasteiger partial charge in [0.05, 0.1) is 13.2 Å². The van der Waals surface area contributed by atoms with Crippen molar-refractivity contribution in [2.45, 2.75) is 69.2 Å². The van der Waals surface area contributed by atoms with Crippen molar-refractivity contribution in [1.82, 2.24) is 10.2 Å². The average molecular weight is 344 g/mol. The summed E-state index contributed by atoms with van der Waals surface area (Å²) in [6.45, 7) is 3.44. The number of nitrogens with one attached hydrogen (secondary N) is 1. The van der Waals surface area contributed by atoms with E-state index in [-0.39, 0.29) is 0 Å². The molecular formula is C21H32N2O2. The fraction of sp³-hybridized carbons (Fsp3) is 0.714. The van der Waals surface area contributed by atoms with E-state index in [0.717, 1.165) is 24.8 Å². The van der Waals surface area contributed by atoms with Gasteiger partial charge in [-0.05, 0) is 75.7 Å². The molecule has 2 atom stereocenters. The molecule has 1 saturated carbocycles. The second-order valence-electron chi connectivity index (χ2n) is 7.91. The van der Waals surface area contributed by atoms with Crippen molar-refractivity contribution in [3.63, 3.8) is 0 Å². The van der Waals surface area contributed by atoms with Crippen molar-refractivity contribution in [3.05, 3.63) is 29.8 Å². The van der Waals surface area contributed by atoms with Crippen molar-refractivity contribution in [2.24, 2.45) is 0 Å². The summed E-state index contributed by atoms with van der Waals surface area (Å²) < 4.78 is 11.4. The van der Waals surface area contributed by atoms with Gasteiger partial charge in [0.1, 0.15) is 5.75 Å². The van der Waals surface area contributed by atoms with Crippen LogP contribution in [0.2, 0.25) is 0 Å². The van der Waals surface area contributed by atoms with E-state index in [4.69, 9.17) is 9.47 Å². The molecule has 0 spiro atoms. The van der Waals surface area contributed by atoms with E-state index in [2.05, 4.69) is 28.4 Å². The molecule has 3 aliphatic rings. The molecule has 25 heavy (non-hydrogen) atoms. The summed E-state index contributed by atoms with van der Waals surface area (Å²) in [6.07, 6.45) is 9.24. The quantitative estimate of drug-likeness (QED) is 0.820. The van der Waals surface area contributed by atoms with E-state index >= 15 is 0 Å². The Morgan fingerprint density at radius 1 is 1.20 bits per heavy atom. The highest BCUT2D eigenvalue weighted by Crippen LogP contribution is 2.31. The van der Waals surface area contributed by atoms with Crippen molar-refractivity contribution in [3.8, 4) is 5.75 Å². The third kappa shape index (κ3) is 4.55. The van der Waals surface area contributed by atoms with Crippen LogP contribution in [0.3, 0.4) is 0 Å². The molecule has 0 bridgehead atoms. The summed E-state index contributed by atoms with van der Waals surface area (Å²) in [5.41, 5.74) is 1.33. The highest BCUT2D eigenvalue weighted by molar-refractivity contribution is 5.30. The van der Waals surface area contributed by atoms with Crippen LogP contribution < -0.4 is 10.1 Å². The van der Waals surface area contributed by atoms with Crippen molar-refractivity contribution < 1.29 is 9.47 Å². The zero-order valence-electron chi connectivity index (χ0n) is 15.5. The van der Waals surface area contributed by atoms with Crippen LogP contribution in [0.15, 0.2) is 24.3 Å². The summed E-state index contributed by atoms with van der Waals surface area (Å²) in [5, 5.41) is 3.97. The van der Waals surface area contributed by atoms with Crippen molar-refractivity contribution in [1.29, 1.82) is 0 Å². The molecule has 3 fully saturated rings. The van der Waals surface area contributed by atoms with Crippen molar-refractivity contribution >= 4 is 0 Å². The predicted octanol–water partition coefficient (Wildman–Crippen LogP) is 3.52. The average Bonchev–Trinajstić information content (AvgIpc) is 3.39. The number of benzene rings is 1. The molecule has 138 valence electrons. The third-order valence-electron chi connectivity index (χ3n) is 6.05. The number of methoxy groups -OCH3 is 1. The lowest BCUT2D eigenvalue weighted by molar-refractivity contribution is 0.0902.